The monoisotopic (exact) mass is 203 g/mol. The third-order valence-corrected chi connectivity index (χ3v) is 4.13. The van der Waals surface area contributed by atoms with E-state index >= 15 is 0 Å². The van der Waals surface area contributed by atoms with Crippen LogP contribution in [0.4, 0.5) is 8.78 Å². The molecule has 1 saturated carbocycles. The summed E-state index contributed by atoms with van der Waals surface area (Å²) in [6.45, 7) is 8.19. The largest absolute Gasteiger partial charge is 0.300 e. The molecule has 3 heteroatoms. The van der Waals surface area contributed by atoms with Crippen molar-refractivity contribution in [1.29, 1.82) is 0 Å². The second-order valence-corrected chi connectivity index (χ2v) is 5.57. The highest BCUT2D eigenvalue weighted by molar-refractivity contribution is 5.00. The number of alkyl halides is 2. The molecule has 1 heterocycles. The summed E-state index contributed by atoms with van der Waals surface area (Å²) >= 11 is 0. The minimum atomic E-state index is -2.35. The third kappa shape index (κ3) is 1.67. The highest BCUT2D eigenvalue weighted by atomic mass is 19.3. The van der Waals surface area contributed by atoms with Gasteiger partial charge in [0.15, 0.2) is 0 Å². The average molecular weight is 203 g/mol. The molecule has 0 N–H and O–H groups in total. The van der Waals surface area contributed by atoms with Gasteiger partial charge in [-0.05, 0) is 25.3 Å². The van der Waals surface area contributed by atoms with Gasteiger partial charge in [0.25, 0.3) is 5.92 Å². The Balaban J connectivity index is 1.89. The zero-order chi connectivity index (χ0) is 10.6. The zero-order valence-corrected chi connectivity index (χ0v) is 9.19. The standard InChI is InChI=1S/C11H19F2N/c1-8-10(2,3)4-5-14(8)7-9-6-11(9,12)13/h8-9H,4-7H2,1-3H3. The summed E-state index contributed by atoms with van der Waals surface area (Å²) < 4.78 is 25.5. The van der Waals surface area contributed by atoms with Crippen LogP contribution in [0.2, 0.25) is 0 Å². The average Bonchev–Trinajstić information content (AvgIpc) is 2.57. The van der Waals surface area contributed by atoms with Gasteiger partial charge < -0.3 is 0 Å². The normalized spacial score (nSPS) is 40.1. The summed E-state index contributed by atoms with van der Waals surface area (Å²) in [5, 5.41) is 0. The van der Waals surface area contributed by atoms with Gasteiger partial charge in [-0.2, -0.15) is 0 Å². The number of nitrogens with zero attached hydrogens (tertiary/aromatic N) is 1. The van der Waals surface area contributed by atoms with Crippen LogP contribution >= 0.6 is 0 Å². The summed E-state index contributed by atoms with van der Waals surface area (Å²) in [6.07, 6.45) is 1.24. The van der Waals surface area contributed by atoms with Crippen molar-refractivity contribution in [2.45, 2.75) is 45.6 Å². The number of hydrogen-bond donors (Lipinski definition) is 0. The van der Waals surface area contributed by atoms with Gasteiger partial charge in [-0.15, -0.1) is 0 Å². The quantitative estimate of drug-likeness (QED) is 0.667. The Bertz CT molecular complexity index is 237. The molecule has 1 saturated heterocycles. The van der Waals surface area contributed by atoms with Crippen molar-refractivity contribution in [3.05, 3.63) is 0 Å². The van der Waals surface area contributed by atoms with Gasteiger partial charge in [0, 0.05) is 24.9 Å². The molecule has 2 rings (SSSR count). The molecule has 0 radical (unpaired) electrons. The lowest BCUT2D eigenvalue weighted by molar-refractivity contribution is 0.0824. The number of rotatable bonds is 2. The Morgan fingerprint density at radius 1 is 1.36 bits per heavy atom. The molecule has 0 aromatic rings. The first-order valence-corrected chi connectivity index (χ1v) is 5.45. The predicted octanol–water partition coefficient (Wildman–Crippen LogP) is 2.76. The summed E-state index contributed by atoms with van der Waals surface area (Å²) in [5.41, 5.74) is 0.296. The predicted molar refractivity (Wildman–Crippen MR) is 52.5 cm³/mol. The summed E-state index contributed by atoms with van der Waals surface area (Å²) in [6, 6.07) is 0.443. The van der Waals surface area contributed by atoms with E-state index in [1.807, 2.05) is 0 Å². The summed E-state index contributed by atoms with van der Waals surface area (Å²) in [7, 11) is 0. The molecule has 1 aliphatic heterocycles. The molecule has 0 aromatic carbocycles. The lowest BCUT2D eigenvalue weighted by atomic mass is 9.86. The minimum absolute atomic E-state index is 0.108. The first-order chi connectivity index (χ1) is 6.33. The van der Waals surface area contributed by atoms with Gasteiger partial charge in [0.05, 0.1) is 0 Å². The molecule has 0 spiro atoms. The maximum Gasteiger partial charge on any atom is 0.252 e. The molecule has 1 nitrogen and oxygen atoms in total. The Morgan fingerprint density at radius 3 is 2.29 bits per heavy atom. The van der Waals surface area contributed by atoms with Crippen molar-refractivity contribution in [3.63, 3.8) is 0 Å². The molecule has 0 aromatic heterocycles. The van der Waals surface area contributed by atoms with E-state index in [1.165, 1.54) is 0 Å². The van der Waals surface area contributed by atoms with Gasteiger partial charge >= 0.3 is 0 Å². The molecule has 0 amide bonds. The van der Waals surface area contributed by atoms with Gasteiger partial charge in [-0.1, -0.05) is 13.8 Å². The highest BCUT2D eigenvalue weighted by Gasteiger charge is 2.57. The Morgan fingerprint density at radius 2 is 1.93 bits per heavy atom. The van der Waals surface area contributed by atoms with E-state index in [4.69, 9.17) is 0 Å². The molecule has 0 bridgehead atoms. The van der Waals surface area contributed by atoms with Crippen molar-refractivity contribution < 1.29 is 8.78 Å². The number of hydrogen-bond acceptors (Lipinski definition) is 1. The van der Waals surface area contributed by atoms with E-state index in [0.717, 1.165) is 13.0 Å². The SMILES string of the molecule is CC1N(CC2CC2(F)F)CCC1(C)C. The maximum absolute atomic E-state index is 12.7. The molecule has 2 aliphatic rings. The van der Waals surface area contributed by atoms with Crippen LogP contribution in [0.15, 0.2) is 0 Å². The van der Waals surface area contributed by atoms with Crippen LogP contribution in [0.1, 0.15) is 33.6 Å². The second-order valence-electron chi connectivity index (χ2n) is 5.57. The first-order valence-electron chi connectivity index (χ1n) is 5.45. The van der Waals surface area contributed by atoms with Crippen LogP contribution in [0.3, 0.4) is 0 Å². The van der Waals surface area contributed by atoms with E-state index in [9.17, 15) is 8.78 Å². The third-order valence-electron chi connectivity index (χ3n) is 4.13. The van der Waals surface area contributed by atoms with Crippen LogP contribution < -0.4 is 0 Å². The smallest absolute Gasteiger partial charge is 0.252 e. The second kappa shape index (κ2) is 2.91. The molecular weight excluding hydrogens is 184 g/mol. The molecule has 82 valence electrons. The van der Waals surface area contributed by atoms with Crippen LogP contribution in [0, 0.1) is 11.3 Å². The molecule has 14 heavy (non-hydrogen) atoms. The summed E-state index contributed by atoms with van der Waals surface area (Å²) in [4.78, 5) is 2.23. The van der Waals surface area contributed by atoms with Crippen LogP contribution in [0.25, 0.3) is 0 Å². The van der Waals surface area contributed by atoms with E-state index in [1.54, 1.807) is 0 Å². The first kappa shape index (κ1) is 10.3. The lowest BCUT2D eigenvalue weighted by Crippen LogP contribution is -2.35. The Hall–Kier alpha value is -0.180. The number of halogens is 2. The molecular formula is C11H19F2N. The molecule has 2 atom stereocenters. The van der Waals surface area contributed by atoms with Crippen molar-refractivity contribution in [1.82, 2.24) is 4.90 Å². The van der Waals surface area contributed by atoms with Crippen molar-refractivity contribution in [3.8, 4) is 0 Å². The van der Waals surface area contributed by atoms with Crippen LogP contribution in [0.5, 0.6) is 0 Å². The van der Waals surface area contributed by atoms with Crippen molar-refractivity contribution in [2.75, 3.05) is 13.1 Å². The summed E-state index contributed by atoms with van der Waals surface area (Å²) in [5.74, 6) is -2.72. The van der Waals surface area contributed by atoms with Gasteiger partial charge in [-0.25, -0.2) is 8.78 Å². The van der Waals surface area contributed by atoms with Crippen LogP contribution in [-0.2, 0) is 0 Å². The molecule has 2 fully saturated rings. The van der Waals surface area contributed by atoms with Gasteiger partial charge in [-0.3, -0.25) is 4.90 Å². The fourth-order valence-corrected chi connectivity index (χ4v) is 2.33. The highest BCUT2D eigenvalue weighted by Crippen LogP contribution is 2.50. The Labute approximate surface area is 84.5 Å². The Kier molecular flexibility index (Phi) is 2.15. The van der Waals surface area contributed by atoms with E-state index < -0.39 is 5.92 Å². The fourth-order valence-electron chi connectivity index (χ4n) is 2.33. The lowest BCUT2D eigenvalue weighted by Gasteiger charge is -2.29. The van der Waals surface area contributed by atoms with Gasteiger partial charge in [0.1, 0.15) is 0 Å². The van der Waals surface area contributed by atoms with Gasteiger partial charge in [0.2, 0.25) is 0 Å². The van der Waals surface area contributed by atoms with Crippen molar-refractivity contribution >= 4 is 0 Å². The molecule has 1 aliphatic carbocycles. The van der Waals surface area contributed by atoms with Crippen molar-refractivity contribution in [2.24, 2.45) is 11.3 Å². The molecule has 2 unspecified atom stereocenters. The van der Waals surface area contributed by atoms with Crippen LogP contribution in [-0.4, -0.2) is 30.0 Å². The fraction of sp³-hybridized carbons (Fsp3) is 1.00. The zero-order valence-electron chi connectivity index (χ0n) is 9.19. The van der Waals surface area contributed by atoms with E-state index in [-0.39, 0.29) is 12.3 Å². The van der Waals surface area contributed by atoms with E-state index in [0.29, 0.717) is 18.0 Å². The maximum atomic E-state index is 12.7. The number of likely N-dealkylation sites (tertiary alicyclic amines) is 1. The van der Waals surface area contributed by atoms with E-state index in [2.05, 4.69) is 25.7 Å². The minimum Gasteiger partial charge on any atom is -0.300 e. The topological polar surface area (TPSA) is 3.24 Å².